The van der Waals surface area contributed by atoms with Crippen molar-refractivity contribution in [2.75, 3.05) is 31.1 Å². The molecule has 0 radical (unpaired) electrons. The fourth-order valence-electron chi connectivity index (χ4n) is 8.11. The number of hydrogen-bond acceptors (Lipinski definition) is 5. The molecule has 6 atom stereocenters. The number of hydrogen-bond donors (Lipinski definition) is 1. The zero-order valence-corrected chi connectivity index (χ0v) is 27.0. The molecule has 7 nitrogen and oxygen atoms in total. The van der Waals surface area contributed by atoms with E-state index in [2.05, 4.69) is 54.7 Å². The Bertz CT molecular complexity index is 1190. The summed E-state index contributed by atoms with van der Waals surface area (Å²) >= 11 is 1.69. The first-order valence-electron chi connectivity index (χ1n) is 15.2. The summed E-state index contributed by atoms with van der Waals surface area (Å²) in [6, 6.07) is 8.81. The second-order valence-electron chi connectivity index (χ2n) is 14.0. The molecule has 3 amide bonds. The quantitative estimate of drug-likeness (QED) is 0.338. The van der Waals surface area contributed by atoms with Crippen LogP contribution in [0.2, 0.25) is 0 Å². The van der Waals surface area contributed by atoms with Gasteiger partial charge in [-0.05, 0) is 56.6 Å². The molecular formula is C34H49N3O4S. The van der Waals surface area contributed by atoms with Crippen molar-refractivity contribution < 1.29 is 19.5 Å². The van der Waals surface area contributed by atoms with Gasteiger partial charge in [-0.25, -0.2) is 0 Å². The van der Waals surface area contributed by atoms with Crippen LogP contribution in [0.5, 0.6) is 0 Å². The van der Waals surface area contributed by atoms with Crippen molar-refractivity contribution in [1.82, 2.24) is 9.80 Å². The highest BCUT2D eigenvalue weighted by Crippen LogP contribution is 2.69. The number of rotatable bonds is 12. The van der Waals surface area contributed by atoms with Crippen LogP contribution in [0.4, 0.5) is 5.69 Å². The lowest BCUT2D eigenvalue weighted by Gasteiger charge is -2.47. The molecule has 8 heteroatoms. The van der Waals surface area contributed by atoms with Gasteiger partial charge in [-0.2, -0.15) is 0 Å². The molecule has 1 aromatic carbocycles. The molecule has 3 heterocycles. The minimum absolute atomic E-state index is 0.0243. The number of amides is 3. The fraction of sp³-hybridized carbons (Fsp3) is 0.618. The molecule has 42 heavy (non-hydrogen) atoms. The van der Waals surface area contributed by atoms with Crippen molar-refractivity contribution in [3.8, 4) is 0 Å². The number of carbonyl (C=O) groups excluding carboxylic acids is 3. The number of benzene rings is 1. The summed E-state index contributed by atoms with van der Waals surface area (Å²) in [7, 11) is 0. The molecular weight excluding hydrogens is 546 g/mol. The summed E-state index contributed by atoms with van der Waals surface area (Å²) in [4.78, 5) is 49.1. The molecule has 230 valence electrons. The molecule has 3 fully saturated rings. The number of nitrogens with zero attached hydrogens (tertiary/aromatic N) is 3. The van der Waals surface area contributed by atoms with Crippen LogP contribution in [0.15, 0.2) is 55.6 Å². The molecule has 4 rings (SSSR count). The summed E-state index contributed by atoms with van der Waals surface area (Å²) in [5, 5.41) is 9.70. The number of thioether (sulfide) groups is 1. The van der Waals surface area contributed by atoms with E-state index in [4.69, 9.17) is 0 Å². The minimum atomic E-state index is -0.720. The molecule has 3 saturated heterocycles. The third kappa shape index (κ3) is 5.57. The Labute approximate surface area is 256 Å². The maximum absolute atomic E-state index is 14.9. The molecule has 1 N–H and O–H groups in total. The number of fused-ring (bicyclic) bond motifs is 1. The predicted octanol–water partition coefficient (Wildman–Crippen LogP) is 5.15. The van der Waals surface area contributed by atoms with Gasteiger partial charge >= 0.3 is 0 Å². The number of para-hydroxylation sites is 1. The molecule has 3 aliphatic rings. The Morgan fingerprint density at radius 3 is 2.31 bits per heavy atom. The Morgan fingerprint density at radius 2 is 1.74 bits per heavy atom. The van der Waals surface area contributed by atoms with Crippen LogP contribution in [0, 0.1) is 23.2 Å². The van der Waals surface area contributed by atoms with Crippen molar-refractivity contribution >= 4 is 35.2 Å². The zero-order chi connectivity index (χ0) is 31.0. The topological polar surface area (TPSA) is 81.2 Å². The van der Waals surface area contributed by atoms with Crippen LogP contribution in [0.25, 0.3) is 0 Å². The number of anilines is 1. The normalized spacial score (nSPS) is 28.5. The van der Waals surface area contributed by atoms with E-state index < -0.39 is 28.2 Å². The Hall–Kier alpha value is -2.58. The molecule has 1 aromatic rings. The highest BCUT2D eigenvalue weighted by Gasteiger charge is 2.76. The van der Waals surface area contributed by atoms with Crippen molar-refractivity contribution in [2.24, 2.45) is 23.2 Å². The van der Waals surface area contributed by atoms with Gasteiger partial charge in [0.05, 0.1) is 16.6 Å². The van der Waals surface area contributed by atoms with E-state index >= 15 is 0 Å². The third-order valence-corrected chi connectivity index (χ3v) is 11.3. The van der Waals surface area contributed by atoms with Gasteiger partial charge in [0.1, 0.15) is 6.04 Å². The zero-order valence-electron chi connectivity index (χ0n) is 26.2. The monoisotopic (exact) mass is 595 g/mol. The average Bonchev–Trinajstić information content (AvgIpc) is 3.51. The maximum atomic E-state index is 14.9. The smallest absolute Gasteiger partial charge is 0.247 e. The lowest BCUT2D eigenvalue weighted by molar-refractivity contribution is -0.146. The van der Waals surface area contributed by atoms with Crippen LogP contribution in [-0.2, 0) is 14.4 Å². The lowest BCUT2D eigenvalue weighted by Crippen LogP contribution is -2.61. The van der Waals surface area contributed by atoms with E-state index in [1.54, 1.807) is 33.7 Å². The van der Waals surface area contributed by atoms with E-state index in [-0.39, 0.29) is 47.5 Å². The van der Waals surface area contributed by atoms with Crippen molar-refractivity contribution in [1.29, 1.82) is 0 Å². The molecule has 0 saturated carbocycles. The van der Waals surface area contributed by atoms with E-state index in [0.717, 1.165) is 18.5 Å². The van der Waals surface area contributed by atoms with Crippen LogP contribution in [-0.4, -0.2) is 80.4 Å². The summed E-state index contributed by atoms with van der Waals surface area (Å²) in [5.41, 5.74) is 0.259. The van der Waals surface area contributed by atoms with Gasteiger partial charge in [0, 0.05) is 42.7 Å². The van der Waals surface area contributed by atoms with Gasteiger partial charge in [0.2, 0.25) is 17.7 Å². The number of carbonyl (C=O) groups is 3. The standard InChI is InChI=1S/C34H49N3O4S/c1-9-17-35(24-15-12-11-13-16-24)29(39)26-25-21-23(3)34(42-25)27(26)30(40)36(19-14-20-38)28(34)31(41)37(18-10-2)33(7,8)22-32(4,5)6/h9-13,15-16,23,25-28,38H,1-2,14,17-22H2,3-8H3/t23?,25-,26+,27-,28?,34?/m0/s1. The van der Waals surface area contributed by atoms with Crippen LogP contribution >= 0.6 is 11.8 Å². The van der Waals surface area contributed by atoms with E-state index in [1.807, 2.05) is 35.2 Å². The first-order valence-corrected chi connectivity index (χ1v) is 16.1. The highest BCUT2D eigenvalue weighted by atomic mass is 32.2. The summed E-state index contributed by atoms with van der Waals surface area (Å²) in [6.07, 6.45) is 5.39. The third-order valence-electron chi connectivity index (χ3n) is 9.24. The number of likely N-dealkylation sites (tertiary alicyclic amines) is 1. The second-order valence-corrected chi connectivity index (χ2v) is 15.6. The van der Waals surface area contributed by atoms with Crippen molar-refractivity contribution in [2.45, 2.75) is 82.4 Å². The van der Waals surface area contributed by atoms with Crippen molar-refractivity contribution in [3.63, 3.8) is 0 Å². The summed E-state index contributed by atoms with van der Waals surface area (Å²) in [6.45, 7) is 21.6. The van der Waals surface area contributed by atoms with Gasteiger partial charge in [-0.1, -0.05) is 58.0 Å². The van der Waals surface area contributed by atoms with E-state index in [0.29, 0.717) is 19.5 Å². The fourth-order valence-corrected chi connectivity index (χ4v) is 10.5. The van der Waals surface area contributed by atoms with E-state index in [1.165, 1.54) is 0 Å². The molecule has 3 unspecified atom stereocenters. The average molecular weight is 596 g/mol. The van der Waals surface area contributed by atoms with Gasteiger partial charge in [-0.3, -0.25) is 14.4 Å². The number of aliphatic hydroxyl groups excluding tert-OH is 1. The summed E-state index contributed by atoms with van der Waals surface area (Å²) < 4.78 is -0.720. The van der Waals surface area contributed by atoms with Crippen LogP contribution in [0.3, 0.4) is 0 Å². The largest absolute Gasteiger partial charge is 0.396 e. The van der Waals surface area contributed by atoms with Gasteiger partial charge in [0.15, 0.2) is 0 Å². The molecule has 3 aliphatic heterocycles. The van der Waals surface area contributed by atoms with Crippen LogP contribution in [0.1, 0.15) is 60.8 Å². The molecule has 0 aliphatic carbocycles. The number of aliphatic hydroxyl groups is 1. The second kappa shape index (κ2) is 12.2. The Balaban J connectivity index is 1.80. The maximum Gasteiger partial charge on any atom is 0.247 e. The minimum Gasteiger partial charge on any atom is -0.396 e. The molecule has 2 bridgehead atoms. The predicted molar refractivity (Wildman–Crippen MR) is 171 cm³/mol. The van der Waals surface area contributed by atoms with E-state index in [9.17, 15) is 19.5 Å². The molecule has 0 aromatic heterocycles. The highest BCUT2D eigenvalue weighted by molar-refractivity contribution is 8.02. The van der Waals surface area contributed by atoms with Gasteiger partial charge in [-0.15, -0.1) is 24.9 Å². The van der Waals surface area contributed by atoms with Gasteiger partial charge < -0.3 is 19.8 Å². The lowest BCUT2D eigenvalue weighted by atomic mass is 9.65. The first kappa shape index (κ1) is 32.3. The van der Waals surface area contributed by atoms with Gasteiger partial charge in [0.25, 0.3) is 0 Å². The Morgan fingerprint density at radius 1 is 1.10 bits per heavy atom. The SMILES string of the molecule is C=CCN(C(=O)[C@@H]1[C@@H]2CC(C)C3(S2)C(C(=O)N(CC=C)C(C)(C)CC(C)(C)C)N(CCCO)C(=O)[C@H]13)c1ccccc1. The Kier molecular flexibility index (Phi) is 9.39. The molecule has 1 spiro atoms. The summed E-state index contributed by atoms with van der Waals surface area (Å²) in [5.74, 6) is -1.39. The van der Waals surface area contributed by atoms with Crippen molar-refractivity contribution in [3.05, 3.63) is 55.6 Å². The first-order chi connectivity index (χ1) is 19.7. The van der Waals surface area contributed by atoms with Crippen LogP contribution < -0.4 is 4.90 Å².